The molecule has 3 heterocycles. The Bertz CT molecular complexity index is 1650. The van der Waals surface area contributed by atoms with Crippen LogP contribution in [0.3, 0.4) is 0 Å². The molecule has 1 aromatic heterocycles. The van der Waals surface area contributed by atoms with Crippen LogP contribution in [0, 0.1) is 17.8 Å². The van der Waals surface area contributed by atoms with Crippen molar-refractivity contribution in [2.24, 2.45) is 17.8 Å². The number of carbonyl (C=O) groups is 2. The minimum absolute atomic E-state index is 0.0713. The zero-order valence-electron chi connectivity index (χ0n) is 26.6. The molecule has 1 aliphatic carbocycles. The summed E-state index contributed by atoms with van der Waals surface area (Å²) in [6, 6.07) is 20.5. The first-order chi connectivity index (χ1) is 22.7. The maximum absolute atomic E-state index is 14.0. The predicted molar refractivity (Wildman–Crippen MR) is 182 cm³/mol. The summed E-state index contributed by atoms with van der Waals surface area (Å²) in [7, 11) is 0. The van der Waals surface area contributed by atoms with Crippen molar-refractivity contribution in [3.8, 4) is 5.75 Å². The second-order valence-electron chi connectivity index (χ2n) is 13.0. The van der Waals surface area contributed by atoms with Crippen molar-refractivity contribution >= 4 is 35.1 Å². The van der Waals surface area contributed by atoms with Gasteiger partial charge in [-0.25, -0.2) is 0 Å². The van der Waals surface area contributed by atoms with Gasteiger partial charge in [0.15, 0.2) is 0 Å². The van der Waals surface area contributed by atoms with E-state index in [-0.39, 0.29) is 30.2 Å². The summed E-state index contributed by atoms with van der Waals surface area (Å²) in [5.74, 6) is -2.10. The van der Waals surface area contributed by atoms with Crippen LogP contribution in [0.5, 0.6) is 5.75 Å². The number of carbonyl (C=O) groups excluding carboxylic acids is 2. The largest absolute Gasteiger partial charge is 0.508 e. The lowest BCUT2D eigenvalue weighted by molar-refractivity contribution is -0.144. The molecule has 0 radical (unpaired) electrons. The van der Waals surface area contributed by atoms with Crippen molar-refractivity contribution in [1.82, 2.24) is 14.8 Å². The van der Waals surface area contributed by atoms with Gasteiger partial charge < -0.3 is 15.3 Å². The van der Waals surface area contributed by atoms with E-state index in [1.54, 1.807) is 18.3 Å². The van der Waals surface area contributed by atoms with Gasteiger partial charge in [0, 0.05) is 37.8 Å². The molecule has 0 saturated carbocycles. The number of pyridine rings is 1. The SMILES string of the molecule is CC1=C([C@H](O)CC/C(=C/c2ccc(O)cc2Cl)c2ccccn2)[C@H](CO)[C@@H]2C(=O)N(C3CCN(Cc4ccccc4)CC3)C(=O)[C@@H]2C1. The van der Waals surface area contributed by atoms with Crippen LogP contribution in [0.2, 0.25) is 5.02 Å². The zero-order valence-corrected chi connectivity index (χ0v) is 27.4. The number of amides is 2. The van der Waals surface area contributed by atoms with Crippen LogP contribution in [0.4, 0.5) is 0 Å². The molecule has 2 saturated heterocycles. The summed E-state index contributed by atoms with van der Waals surface area (Å²) in [6.07, 6.45) is 5.30. The molecule has 3 aliphatic rings. The van der Waals surface area contributed by atoms with Crippen molar-refractivity contribution in [3.63, 3.8) is 0 Å². The van der Waals surface area contributed by atoms with Crippen LogP contribution < -0.4 is 0 Å². The Labute approximate surface area is 281 Å². The number of phenols is 1. The number of imide groups is 1. The van der Waals surface area contributed by atoms with E-state index < -0.39 is 23.9 Å². The van der Waals surface area contributed by atoms with Gasteiger partial charge in [-0.05, 0) is 97.7 Å². The molecule has 8 nitrogen and oxygen atoms in total. The van der Waals surface area contributed by atoms with Gasteiger partial charge >= 0.3 is 0 Å². The molecule has 2 fully saturated rings. The van der Waals surface area contributed by atoms with Gasteiger partial charge in [0.05, 0.1) is 35.3 Å². The average molecular weight is 656 g/mol. The minimum Gasteiger partial charge on any atom is -0.508 e. The van der Waals surface area contributed by atoms with Crippen molar-refractivity contribution in [2.75, 3.05) is 19.7 Å². The Morgan fingerprint density at radius 3 is 2.47 bits per heavy atom. The molecule has 3 N–H and O–H groups in total. The molecule has 47 heavy (non-hydrogen) atoms. The normalized spacial score (nSPS) is 23.4. The number of rotatable bonds is 10. The smallest absolute Gasteiger partial charge is 0.234 e. The van der Waals surface area contributed by atoms with Crippen LogP contribution in [0.1, 0.15) is 55.8 Å². The average Bonchev–Trinajstić information content (AvgIpc) is 3.32. The van der Waals surface area contributed by atoms with Crippen LogP contribution in [0.25, 0.3) is 11.6 Å². The Morgan fingerprint density at radius 1 is 1.04 bits per heavy atom. The third-order valence-corrected chi connectivity index (χ3v) is 10.4. The summed E-state index contributed by atoms with van der Waals surface area (Å²) in [6.45, 7) is 4.04. The summed E-state index contributed by atoms with van der Waals surface area (Å²) < 4.78 is 0. The Balaban J connectivity index is 1.16. The summed E-state index contributed by atoms with van der Waals surface area (Å²) in [4.78, 5) is 36.2. The van der Waals surface area contributed by atoms with Gasteiger partial charge in [-0.1, -0.05) is 53.6 Å². The quantitative estimate of drug-likeness (QED) is 0.189. The highest BCUT2D eigenvalue weighted by Crippen LogP contribution is 2.47. The molecule has 6 rings (SSSR count). The molecule has 0 bridgehead atoms. The fraction of sp³-hybridized carbons (Fsp3) is 0.395. The lowest BCUT2D eigenvalue weighted by Crippen LogP contribution is -2.47. The van der Waals surface area contributed by atoms with Gasteiger partial charge in [-0.2, -0.15) is 0 Å². The van der Waals surface area contributed by atoms with Gasteiger partial charge in [-0.3, -0.25) is 24.4 Å². The molecular weight excluding hydrogens is 614 g/mol. The van der Waals surface area contributed by atoms with Gasteiger partial charge in [0.25, 0.3) is 0 Å². The van der Waals surface area contributed by atoms with E-state index in [2.05, 4.69) is 22.0 Å². The van der Waals surface area contributed by atoms with Crippen molar-refractivity contribution < 1.29 is 24.9 Å². The molecule has 246 valence electrons. The molecule has 2 aliphatic heterocycles. The molecule has 9 heteroatoms. The number of halogens is 1. The fourth-order valence-corrected chi connectivity index (χ4v) is 8.00. The predicted octanol–water partition coefficient (Wildman–Crippen LogP) is 5.72. The van der Waals surface area contributed by atoms with Gasteiger partial charge in [-0.15, -0.1) is 0 Å². The van der Waals surface area contributed by atoms with E-state index in [1.165, 1.54) is 16.5 Å². The summed E-state index contributed by atoms with van der Waals surface area (Å²) in [5.41, 5.74) is 5.07. The van der Waals surface area contributed by atoms with E-state index in [0.717, 1.165) is 49.3 Å². The van der Waals surface area contributed by atoms with E-state index in [1.807, 2.05) is 49.4 Å². The Kier molecular flexibility index (Phi) is 10.2. The minimum atomic E-state index is -0.923. The number of fused-ring (bicyclic) bond motifs is 1. The highest BCUT2D eigenvalue weighted by molar-refractivity contribution is 6.32. The maximum Gasteiger partial charge on any atom is 0.234 e. The Hall–Kier alpha value is -3.82. The number of hydrogen-bond donors (Lipinski definition) is 3. The maximum atomic E-state index is 14.0. The Morgan fingerprint density at radius 2 is 1.79 bits per heavy atom. The first-order valence-corrected chi connectivity index (χ1v) is 16.8. The number of benzene rings is 2. The topological polar surface area (TPSA) is 114 Å². The molecular formula is C38H42ClN3O5. The third-order valence-electron chi connectivity index (χ3n) is 10.1. The highest BCUT2D eigenvalue weighted by Gasteiger charge is 2.56. The number of piperidine rings is 1. The first kappa shape index (κ1) is 33.1. The molecule has 0 unspecified atom stereocenters. The zero-order chi connectivity index (χ0) is 33.1. The van der Waals surface area contributed by atoms with E-state index >= 15 is 0 Å². The number of allylic oxidation sites excluding steroid dienone is 2. The molecule has 0 spiro atoms. The van der Waals surface area contributed by atoms with Crippen LogP contribution >= 0.6 is 11.6 Å². The molecule has 2 aromatic carbocycles. The third kappa shape index (κ3) is 7.06. The number of likely N-dealkylation sites (tertiary alicyclic amines) is 2. The van der Waals surface area contributed by atoms with Crippen molar-refractivity contribution in [1.29, 1.82) is 0 Å². The monoisotopic (exact) mass is 655 g/mol. The number of aromatic nitrogens is 1. The van der Waals surface area contributed by atoms with Crippen LogP contribution in [-0.4, -0.2) is 73.8 Å². The van der Waals surface area contributed by atoms with Gasteiger partial charge in [0.2, 0.25) is 11.8 Å². The second kappa shape index (κ2) is 14.5. The van der Waals surface area contributed by atoms with Crippen LogP contribution in [0.15, 0.2) is 84.1 Å². The van der Waals surface area contributed by atoms with Crippen molar-refractivity contribution in [2.45, 2.75) is 57.7 Å². The van der Waals surface area contributed by atoms with E-state index in [4.69, 9.17) is 11.6 Å². The number of hydrogen-bond acceptors (Lipinski definition) is 7. The number of nitrogens with zero attached hydrogens (tertiary/aromatic N) is 3. The molecule has 4 atom stereocenters. The number of aliphatic hydroxyl groups is 2. The summed E-state index contributed by atoms with van der Waals surface area (Å²) >= 11 is 6.41. The number of aliphatic hydroxyl groups excluding tert-OH is 2. The summed E-state index contributed by atoms with van der Waals surface area (Å²) in [5, 5.41) is 32.5. The number of aromatic hydroxyl groups is 1. The lowest BCUT2D eigenvalue weighted by atomic mass is 9.68. The molecule has 3 aromatic rings. The van der Waals surface area contributed by atoms with Crippen molar-refractivity contribution in [3.05, 3.63) is 106 Å². The number of phenolic OH excluding ortho intramolecular Hbond substituents is 1. The van der Waals surface area contributed by atoms with Crippen LogP contribution in [-0.2, 0) is 16.1 Å². The van der Waals surface area contributed by atoms with E-state index in [0.29, 0.717) is 35.4 Å². The standard InChI is InChI=1S/C38H42ClN3O5/c1-24-19-30-36(38(47)42(37(30)46)28-14-17-41(18-15-28)22-25-7-3-2-4-8-25)31(23-43)35(24)34(45)13-11-27(33-9-5-6-16-40-33)20-26-10-12-29(44)21-32(26)39/h2-10,12,16,20-21,28,30-31,34,36,43-45H,11,13-15,17-19,22-23H2,1H3/b27-20-/t30-,31+,34-,36-/m1/s1. The fourth-order valence-electron chi connectivity index (χ4n) is 7.77. The lowest BCUT2D eigenvalue weighted by Gasteiger charge is -2.36. The first-order valence-electron chi connectivity index (χ1n) is 16.5. The van der Waals surface area contributed by atoms with E-state index in [9.17, 15) is 24.9 Å². The molecule has 2 amide bonds. The highest BCUT2D eigenvalue weighted by atomic mass is 35.5. The second-order valence-corrected chi connectivity index (χ2v) is 13.5. The van der Waals surface area contributed by atoms with Gasteiger partial charge in [0.1, 0.15) is 5.75 Å².